The molecule has 0 aromatic heterocycles. The first-order valence-corrected chi connectivity index (χ1v) is 8.11. The molecular weight excluding hydrogens is 325 g/mol. The summed E-state index contributed by atoms with van der Waals surface area (Å²) in [6.07, 6.45) is 0. The second kappa shape index (κ2) is 7.16. The molecule has 7 heteroatoms. The number of nitro groups is 1. The number of nitro benzene ring substituents is 1. The number of hydrogen-bond donors (Lipinski definition) is 1. The van der Waals surface area contributed by atoms with Gasteiger partial charge in [-0.1, -0.05) is 13.0 Å². The third-order valence-corrected chi connectivity index (χ3v) is 4.41. The van der Waals surface area contributed by atoms with Crippen LogP contribution in [0.15, 0.2) is 42.5 Å². The summed E-state index contributed by atoms with van der Waals surface area (Å²) in [5.41, 5.74) is 6.74. The maximum Gasteiger partial charge on any atom is 0.311 e. The molecular formula is C18H20FN3O3. The van der Waals surface area contributed by atoms with Crippen LogP contribution in [0.3, 0.4) is 0 Å². The molecule has 25 heavy (non-hydrogen) atoms. The van der Waals surface area contributed by atoms with E-state index in [2.05, 4.69) is 11.8 Å². The molecule has 0 saturated carbocycles. The number of benzene rings is 2. The predicted molar refractivity (Wildman–Crippen MR) is 92.0 cm³/mol. The van der Waals surface area contributed by atoms with Gasteiger partial charge in [-0.15, -0.1) is 0 Å². The highest BCUT2D eigenvalue weighted by Crippen LogP contribution is 2.33. The van der Waals surface area contributed by atoms with Crippen LogP contribution in [0.25, 0.3) is 0 Å². The minimum Gasteiger partial charge on any atom is -0.450 e. The van der Waals surface area contributed by atoms with E-state index in [4.69, 9.17) is 10.5 Å². The van der Waals surface area contributed by atoms with Gasteiger partial charge in [0.2, 0.25) is 5.75 Å². The van der Waals surface area contributed by atoms with Gasteiger partial charge in [0, 0.05) is 31.7 Å². The highest BCUT2D eigenvalue weighted by molar-refractivity contribution is 5.50. The summed E-state index contributed by atoms with van der Waals surface area (Å²) in [6, 6.07) is 10.4. The van der Waals surface area contributed by atoms with Crippen LogP contribution in [-0.4, -0.2) is 29.0 Å². The molecule has 3 rings (SSSR count). The zero-order chi connectivity index (χ0) is 18.0. The molecule has 2 unspecified atom stereocenters. The minimum atomic E-state index is -0.472. The van der Waals surface area contributed by atoms with Crippen LogP contribution in [-0.2, 0) is 6.54 Å². The van der Waals surface area contributed by atoms with Crippen molar-refractivity contribution in [3.05, 3.63) is 64.0 Å². The summed E-state index contributed by atoms with van der Waals surface area (Å²) in [5.74, 6) is 0.495. The molecule has 0 bridgehead atoms. The Morgan fingerprint density at radius 2 is 2.00 bits per heavy atom. The Kier molecular flexibility index (Phi) is 4.96. The van der Waals surface area contributed by atoms with E-state index in [0.717, 1.165) is 18.7 Å². The van der Waals surface area contributed by atoms with Crippen LogP contribution in [0.5, 0.6) is 11.5 Å². The van der Waals surface area contributed by atoms with Crippen LogP contribution in [0.2, 0.25) is 0 Å². The van der Waals surface area contributed by atoms with Crippen molar-refractivity contribution >= 4 is 5.69 Å². The molecule has 0 radical (unpaired) electrons. The number of nitrogens with zero attached hydrogens (tertiary/aromatic N) is 2. The molecule has 1 heterocycles. The van der Waals surface area contributed by atoms with Gasteiger partial charge in [-0.25, -0.2) is 4.39 Å². The largest absolute Gasteiger partial charge is 0.450 e. The standard InChI is InChI=1S/C18H20FN3O3/c1-12-9-21(11-16(12)20)10-13-2-7-18(17(8-13)22(23)24)25-15-5-3-14(19)4-6-15/h2-8,12,16H,9-11,20H2,1H3. The Bertz CT molecular complexity index is 757. The Labute approximate surface area is 145 Å². The lowest BCUT2D eigenvalue weighted by molar-refractivity contribution is -0.385. The van der Waals surface area contributed by atoms with Gasteiger partial charge in [-0.3, -0.25) is 15.0 Å². The van der Waals surface area contributed by atoms with Crippen molar-refractivity contribution in [2.45, 2.75) is 19.5 Å². The molecule has 0 amide bonds. The Balaban J connectivity index is 1.78. The maximum absolute atomic E-state index is 13.0. The molecule has 2 aromatic carbocycles. The van der Waals surface area contributed by atoms with E-state index in [-0.39, 0.29) is 17.5 Å². The molecule has 0 spiro atoms. The fraction of sp³-hybridized carbons (Fsp3) is 0.333. The fourth-order valence-electron chi connectivity index (χ4n) is 3.00. The van der Waals surface area contributed by atoms with Gasteiger partial charge in [0.05, 0.1) is 4.92 Å². The Morgan fingerprint density at radius 3 is 2.60 bits per heavy atom. The zero-order valence-electron chi connectivity index (χ0n) is 13.9. The molecule has 1 fully saturated rings. The highest BCUT2D eigenvalue weighted by atomic mass is 19.1. The van der Waals surface area contributed by atoms with E-state index in [1.54, 1.807) is 12.1 Å². The van der Waals surface area contributed by atoms with Gasteiger partial charge in [-0.05, 0) is 41.8 Å². The number of halogens is 1. The monoisotopic (exact) mass is 345 g/mol. The first kappa shape index (κ1) is 17.3. The Hall–Kier alpha value is -2.51. The average Bonchev–Trinajstić information content (AvgIpc) is 2.88. The molecule has 1 saturated heterocycles. The van der Waals surface area contributed by atoms with Crippen molar-refractivity contribution < 1.29 is 14.1 Å². The summed E-state index contributed by atoms with van der Waals surface area (Å²) in [7, 11) is 0. The van der Waals surface area contributed by atoms with Crippen LogP contribution < -0.4 is 10.5 Å². The van der Waals surface area contributed by atoms with Crippen LogP contribution in [0.4, 0.5) is 10.1 Å². The molecule has 2 aromatic rings. The lowest BCUT2D eigenvalue weighted by Gasteiger charge is -2.15. The normalized spacial score (nSPS) is 20.6. The van der Waals surface area contributed by atoms with Crippen molar-refractivity contribution in [1.29, 1.82) is 0 Å². The predicted octanol–water partition coefficient (Wildman–Crippen LogP) is 3.31. The summed E-state index contributed by atoms with van der Waals surface area (Å²) in [4.78, 5) is 13.1. The first-order valence-electron chi connectivity index (χ1n) is 8.11. The summed E-state index contributed by atoms with van der Waals surface area (Å²) < 4.78 is 18.5. The molecule has 2 N–H and O–H groups in total. The number of ether oxygens (including phenoxy) is 1. The van der Waals surface area contributed by atoms with E-state index >= 15 is 0 Å². The first-order chi connectivity index (χ1) is 11.9. The zero-order valence-corrected chi connectivity index (χ0v) is 13.9. The lowest BCUT2D eigenvalue weighted by atomic mass is 10.1. The van der Waals surface area contributed by atoms with Crippen LogP contribution in [0.1, 0.15) is 12.5 Å². The van der Waals surface area contributed by atoms with Crippen LogP contribution in [0, 0.1) is 21.8 Å². The second-order valence-corrected chi connectivity index (χ2v) is 6.45. The summed E-state index contributed by atoms with van der Waals surface area (Å²) in [5, 5.41) is 11.4. The van der Waals surface area contributed by atoms with Crippen molar-refractivity contribution in [2.75, 3.05) is 13.1 Å². The SMILES string of the molecule is CC1CN(Cc2ccc(Oc3ccc(F)cc3)c([N+](=O)[O-])c2)CC1N. The molecule has 2 atom stereocenters. The summed E-state index contributed by atoms with van der Waals surface area (Å²) in [6.45, 7) is 4.37. The van der Waals surface area contributed by atoms with E-state index in [9.17, 15) is 14.5 Å². The fourth-order valence-corrected chi connectivity index (χ4v) is 3.00. The van der Waals surface area contributed by atoms with E-state index in [0.29, 0.717) is 18.2 Å². The maximum atomic E-state index is 13.0. The Morgan fingerprint density at radius 1 is 1.28 bits per heavy atom. The summed E-state index contributed by atoms with van der Waals surface area (Å²) >= 11 is 0. The third-order valence-electron chi connectivity index (χ3n) is 4.41. The van der Waals surface area contributed by atoms with Crippen LogP contribution >= 0.6 is 0 Å². The van der Waals surface area contributed by atoms with Gasteiger partial charge >= 0.3 is 5.69 Å². The topological polar surface area (TPSA) is 81.6 Å². The molecule has 0 aliphatic carbocycles. The number of rotatable bonds is 5. The number of likely N-dealkylation sites (tertiary alicyclic amines) is 1. The number of nitrogens with two attached hydrogens (primary N) is 1. The molecule has 6 nitrogen and oxygen atoms in total. The van der Waals surface area contributed by atoms with Gasteiger partial charge in [0.15, 0.2) is 0 Å². The average molecular weight is 345 g/mol. The highest BCUT2D eigenvalue weighted by Gasteiger charge is 2.27. The van der Waals surface area contributed by atoms with Crippen molar-refractivity contribution in [3.63, 3.8) is 0 Å². The molecule has 1 aliphatic heterocycles. The van der Waals surface area contributed by atoms with Gasteiger partial charge in [-0.2, -0.15) is 0 Å². The second-order valence-electron chi connectivity index (χ2n) is 6.45. The van der Waals surface area contributed by atoms with E-state index in [1.807, 2.05) is 0 Å². The smallest absolute Gasteiger partial charge is 0.311 e. The third kappa shape index (κ3) is 4.12. The van der Waals surface area contributed by atoms with Crippen molar-refractivity contribution in [1.82, 2.24) is 4.90 Å². The van der Waals surface area contributed by atoms with Crippen molar-refractivity contribution in [3.8, 4) is 11.5 Å². The lowest BCUT2D eigenvalue weighted by Crippen LogP contribution is -2.28. The van der Waals surface area contributed by atoms with Gasteiger partial charge in [0.1, 0.15) is 11.6 Å². The van der Waals surface area contributed by atoms with Crippen molar-refractivity contribution in [2.24, 2.45) is 11.7 Å². The minimum absolute atomic E-state index is 0.113. The van der Waals surface area contributed by atoms with Gasteiger partial charge in [0.25, 0.3) is 0 Å². The van der Waals surface area contributed by atoms with E-state index in [1.165, 1.54) is 30.3 Å². The quantitative estimate of drug-likeness (QED) is 0.664. The molecule has 132 valence electrons. The van der Waals surface area contributed by atoms with E-state index < -0.39 is 10.7 Å². The number of hydrogen-bond acceptors (Lipinski definition) is 5. The van der Waals surface area contributed by atoms with Gasteiger partial charge < -0.3 is 10.5 Å². The molecule has 1 aliphatic rings.